The highest BCUT2D eigenvalue weighted by Gasteiger charge is 2.43. The van der Waals surface area contributed by atoms with Gasteiger partial charge in [0.25, 0.3) is 0 Å². The maximum atomic E-state index is 13.7. The molecule has 0 radical (unpaired) electrons. The van der Waals surface area contributed by atoms with E-state index in [0.29, 0.717) is 29.9 Å². The number of fused-ring (bicyclic) bond motifs is 2. The average Bonchev–Trinajstić information content (AvgIpc) is 3.32. The molecule has 4 rings (SSSR count). The van der Waals surface area contributed by atoms with Crippen LogP contribution in [0.2, 0.25) is 0 Å². The van der Waals surface area contributed by atoms with E-state index in [1.165, 1.54) is 7.11 Å². The number of cyclic esters (lactones) is 1. The lowest BCUT2D eigenvalue weighted by Gasteiger charge is -2.23. The number of methoxy groups -OCH3 is 2. The molecule has 2 aromatic rings. The van der Waals surface area contributed by atoms with Gasteiger partial charge in [-0.15, -0.1) is 0 Å². The number of benzene rings is 2. The Bertz CT molecular complexity index is 1380. The third kappa shape index (κ3) is 8.72. The van der Waals surface area contributed by atoms with Gasteiger partial charge in [-0.05, 0) is 57.0 Å². The van der Waals surface area contributed by atoms with Crippen LogP contribution in [-0.2, 0) is 30.3 Å². The fraction of sp³-hybridized carbons (Fsp3) is 0.457. The van der Waals surface area contributed by atoms with Crippen LogP contribution in [-0.4, -0.2) is 68.9 Å². The molecule has 0 aromatic heterocycles. The number of esters is 1. The van der Waals surface area contributed by atoms with Gasteiger partial charge in [-0.25, -0.2) is 4.79 Å². The zero-order valence-corrected chi connectivity index (χ0v) is 26.2. The zero-order chi connectivity index (χ0) is 31.7. The molecule has 2 aromatic carbocycles. The van der Waals surface area contributed by atoms with Gasteiger partial charge >= 0.3 is 5.97 Å². The average molecular weight is 607 g/mol. The second kappa shape index (κ2) is 15.4. The largest absolute Gasteiger partial charge is 0.497 e. The lowest BCUT2D eigenvalue weighted by atomic mass is 9.96. The fourth-order valence-electron chi connectivity index (χ4n) is 4.95. The maximum Gasteiger partial charge on any atom is 0.342 e. The van der Waals surface area contributed by atoms with Crippen molar-refractivity contribution in [3.8, 4) is 23.3 Å². The van der Waals surface area contributed by atoms with E-state index in [-0.39, 0.29) is 24.9 Å². The number of ether oxygens (including phenoxy) is 7. The number of hydrogen-bond acceptors (Lipinski definition) is 9. The highest BCUT2D eigenvalue weighted by atomic mass is 16.8. The first-order chi connectivity index (χ1) is 21.1. The SMILES string of the molecule is COCOc1ccc(C#CCOCc2ccc(OC)cc2)c2c1C(=O)O[C@@H](C)[C@H](C)C=CC(O)[C@H]1OC(C)(C)O[C@H]1CC=C2. The quantitative estimate of drug-likeness (QED) is 0.148. The predicted molar refractivity (Wildman–Crippen MR) is 165 cm³/mol. The molecular formula is C35H42O9. The first-order valence-electron chi connectivity index (χ1n) is 14.7. The van der Waals surface area contributed by atoms with Crippen molar-refractivity contribution < 1.29 is 43.1 Å². The molecule has 0 amide bonds. The Morgan fingerprint density at radius 1 is 1.05 bits per heavy atom. The van der Waals surface area contributed by atoms with Crippen molar-refractivity contribution >= 4 is 12.0 Å². The molecule has 9 heteroatoms. The molecule has 2 aliphatic heterocycles. The minimum atomic E-state index is -0.899. The van der Waals surface area contributed by atoms with Crippen LogP contribution in [0.3, 0.4) is 0 Å². The maximum absolute atomic E-state index is 13.7. The Kier molecular flexibility index (Phi) is 11.6. The molecule has 0 saturated carbocycles. The van der Waals surface area contributed by atoms with Gasteiger partial charge in [0.05, 0.1) is 19.8 Å². The Balaban J connectivity index is 1.67. The molecule has 1 N–H and O–H groups in total. The second-order valence-electron chi connectivity index (χ2n) is 11.2. The van der Waals surface area contributed by atoms with E-state index in [4.69, 9.17) is 33.2 Å². The summed E-state index contributed by atoms with van der Waals surface area (Å²) in [4.78, 5) is 13.7. The molecule has 2 heterocycles. The van der Waals surface area contributed by atoms with Crippen molar-refractivity contribution in [1.82, 2.24) is 0 Å². The lowest BCUT2D eigenvalue weighted by molar-refractivity contribution is -0.152. The van der Waals surface area contributed by atoms with Gasteiger partial charge in [0.1, 0.15) is 42.0 Å². The predicted octanol–water partition coefficient (Wildman–Crippen LogP) is 5.28. The molecule has 0 bridgehead atoms. The summed E-state index contributed by atoms with van der Waals surface area (Å²) in [6.07, 6.45) is 5.23. The van der Waals surface area contributed by atoms with Crippen molar-refractivity contribution in [2.45, 2.75) is 70.9 Å². The Hall–Kier alpha value is -3.65. The number of hydrogen-bond donors (Lipinski definition) is 1. The molecule has 44 heavy (non-hydrogen) atoms. The van der Waals surface area contributed by atoms with Crippen LogP contribution in [0.4, 0.5) is 0 Å². The van der Waals surface area contributed by atoms with E-state index in [1.807, 2.05) is 63.3 Å². The Labute approximate surface area is 259 Å². The summed E-state index contributed by atoms with van der Waals surface area (Å²) in [5, 5.41) is 10.9. The van der Waals surface area contributed by atoms with E-state index in [0.717, 1.165) is 11.3 Å². The highest BCUT2D eigenvalue weighted by Crippen LogP contribution is 2.34. The Morgan fingerprint density at radius 3 is 2.55 bits per heavy atom. The van der Waals surface area contributed by atoms with Crippen LogP contribution in [0, 0.1) is 17.8 Å². The molecule has 236 valence electrons. The highest BCUT2D eigenvalue weighted by molar-refractivity contribution is 5.98. The van der Waals surface area contributed by atoms with E-state index in [2.05, 4.69) is 11.8 Å². The van der Waals surface area contributed by atoms with Crippen LogP contribution in [0.5, 0.6) is 11.5 Å². The van der Waals surface area contributed by atoms with Crippen molar-refractivity contribution in [3.63, 3.8) is 0 Å². The topological polar surface area (TPSA) is 102 Å². The zero-order valence-electron chi connectivity index (χ0n) is 26.2. The molecule has 0 aliphatic carbocycles. The van der Waals surface area contributed by atoms with Gasteiger partial charge in [-0.2, -0.15) is 0 Å². The van der Waals surface area contributed by atoms with Crippen molar-refractivity contribution in [3.05, 3.63) is 76.9 Å². The number of carbonyl (C=O) groups is 1. The van der Waals surface area contributed by atoms with Crippen LogP contribution in [0.25, 0.3) is 6.08 Å². The summed E-state index contributed by atoms with van der Waals surface area (Å²) in [7, 11) is 3.13. The number of rotatable bonds is 7. The summed E-state index contributed by atoms with van der Waals surface area (Å²) in [6.45, 7) is 7.89. The minimum absolute atomic E-state index is 0.0513. The van der Waals surface area contributed by atoms with Crippen molar-refractivity contribution in [2.24, 2.45) is 5.92 Å². The van der Waals surface area contributed by atoms with Gasteiger partial charge in [0, 0.05) is 24.2 Å². The molecule has 1 saturated heterocycles. The summed E-state index contributed by atoms with van der Waals surface area (Å²) in [5.74, 6) is 5.70. The molecule has 2 aliphatic rings. The Morgan fingerprint density at radius 2 is 1.82 bits per heavy atom. The molecule has 1 fully saturated rings. The van der Waals surface area contributed by atoms with Crippen LogP contribution in [0.1, 0.15) is 61.2 Å². The van der Waals surface area contributed by atoms with Gasteiger partial charge in [-0.1, -0.05) is 55.2 Å². The third-order valence-corrected chi connectivity index (χ3v) is 7.42. The molecular weight excluding hydrogens is 564 g/mol. The van der Waals surface area contributed by atoms with Crippen LogP contribution >= 0.6 is 0 Å². The number of carbonyl (C=O) groups excluding carboxylic acids is 1. The lowest BCUT2D eigenvalue weighted by Crippen LogP contribution is -2.34. The number of aliphatic hydroxyl groups is 1. The van der Waals surface area contributed by atoms with Gasteiger partial charge in [-0.3, -0.25) is 0 Å². The molecule has 5 atom stereocenters. The molecule has 1 unspecified atom stereocenters. The van der Waals surface area contributed by atoms with Crippen LogP contribution in [0.15, 0.2) is 54.6 Å². The van der Waals surface area contributed by atoms with E-state index >= 15 is 0 Å². The van der Waals surface area contributed by atoms with Gasteiger partial charge in [0.2, 0.25) is 0 Å². The summed E-state index contributed by atoms with van der Waals surface area (Å²) < 4.78 is 40.0. The normalized spacial score (nSPS) is 24.7. The van der Waals surface area contributed by atoms with Crippen LogP contribution < -0.4 is 9.47 Å². The smallest absolute Gasteiger partial charge is 0.342 e. The summed E-state index contributed by atoms with van der Waals surface area (Å²) in [6, 6.07) is 11.1. The van der Waals surface area contributed by atoms with Crippen molar-refractivity contribution in [1.29, 1.82) is 0 Å². The summed E-state index contributed by atoms with van der Waals surface area (Å²) in [5.41, 5.74) is 2.37. The summed E-state index contributed by atoms with van der Waals surface area (Å²) >= 11 is 0. The minimum Gasteiger partial charge on any atom is -0.497 e. The first kappa shape index (κ1) is 33.2. The standard InChI is InChI=1S/C35H42O9/c1-23-12-18-29(36)33-31(43-35(3,4)44-33)11-7-10-28-26(9-8-20-40-21-25-13-16-27(39-6)17-14-25)15-19-30(41-22-38-5)32(28)34(37)42-24(23)2/h7,10,12-19,23-24,29,31,33,36H,11,20-22H2,1-6H3/t23-,24+,29?,31+,33-/m1/s1. The molecule has 0 spiro atoms. The third-order valence-electron chi connectivity index (χ3n) is 7.42. The fourth-order valence-corrected chi connectivity index (χ4v) is 4.95. The van der Waals surface area contributed by atoms with E-state index in [9.17, 15) is 9.90 Å². The van der Waals surface area contributed by atoms with Gasteiger partial charge in [0.15, 0.2) is 12.6 Å². The van der Waals surface area contributed by atoms with E-state index < -0.39 is 36.2 Å². The second-order valence-corrected chi connectivity index (χ2v) is 11.2. The molecule has 9 nitrogen and oxygen atoms in total. The van der Waals surface area contributed by atoms with Gasteiger partial charge < -0.3 is 38.3 Å². The first-order valence-corrected chi connectivity index (χ1v) is 14.7. The monoisotopic (exact) mass is 606 g/mol. The van der Waals surface area contributed by atoms with E-state index in [1.54, 1.807) is 32.2 Å². The van der Waals surface area contributed by atoms with Crippen molar-refractivity contribution in [2.75, 3.05) is 27.6 Å². The number of aliphatic hydroxyl groups excluding tert-OH is 1.